The van der Waals surface area contributed by atoms with Crippen LogP contribution in [-0.4, -0.2) is 12.6 Å². The second kappa shape index (κ2) is 10.8. The summed E-state index contributed by atoms with van der Waals surface area (Å²) in [5.41, 5.74) is 1.75. The molecule has 0 radical (unpaired) electrons. The summed E-state index contributed by atoms with van der Waals surface area (Å²) in [6.07, 6.45) is 5.13. The van der Waals surface area contributed by atoms with E-state index in [1.165, 1.54) is 42.5 Å². The van der Waals surface area contributed by atoms with E-state index in [2.05, 4.69) is 13.5 Å². The van der Waals surface area contributed by atoms with Crippen molar-refractivity contribution in [3.05, 3.63) is 95.8 Å². The molecule has 182 valence electrons. The van der Waals surface area contributed by atoms with Crippen molar-refractivity contribution < 1.29 is 27.4 Å². The Hall–Kier alpha value is -3.54. The standard InChI is InChI=1S/C29H27F3O3/c1-3-16-34-25-14-12-22(17-24(25)30)19-8-10-21(11-9-19)29(33)35-26-15-13-23(27(31)28(26)32)20-6-4-18(2)5-7-20/h3,8-15,17-18,20H,1,4-7,16H2,2H3. The van der Waals surface area contributed by atoms with E-state index in [-0.39, 0.29) is 23.8 Å². The van der Waals surface area contributed by atoms with Gasteiger partial charge in [0.1, 0.15) is 6.61 Å². The maximum atomic E-state index is 14.8. The zero-order valence-electron chi connectivity index (χ0n) is 19.5. The smallest absolute Gasteiger partial charge is 0.343 e. The fraction of sp³-hybridized carbons (Fsp3) is 0.276. The highest BCUT2D eigenvalue weighted by Crippen LogP contribution is 2.38. The lowest BCUT2D eigenvalue weighted by atomic mass is 9.79. The molecule has 1 saturated carbocycles. The Labute approximate surface area is 203 Å². The minimum absolute atomic E-state index is 0.0227. The second-order valence-electron chi connectivity index (χ2n) is 8.95. The number of rotatable bonds is 7. The quantitative estimate of drug-likeness (QED) is 0.196. The van der Waals surface area contributed by atoms with Crippen LogP contribution in [0, 0.1) is 23.4 Å². The molecular formula is C29H27F3O3. The van der Waals surface area contributed by atoms with Gasteiger partial charge < -0.3 is 9.47 Å². The Morgan fingerprint density at radius 2 is 1.57 bits per heavy atom. The first-order chi connectivity index (χ1) is 16.9. The maximum absolute atomic E-state index is 14.8. The Kier molecular flexibility index (Phi) is 7.59. The summed E-state index contributed by atoms with van der Waals surface area (Å²) in [4.78, 5) is 12.6. The molecule has 3 aromatic rings. The van der Waals surface area contributed by atoms with Crippen molar-refractivity contribution >= 4 is 5.97 Å². The molecule has 6 heteroatoms. The fourth-order valence-corrected chi connectivity index (χ4v) is 4.42. The van der Waals surface area contributed by atoms with Crippen LogP contribution in [-0.2, 0) is 0 Å². The van der Waals surface area contributed by atoms with Crippen LogP contribution in [0.3, 0.4) is 0 Å². The van der Waals surface area contributed by atoms with E-state index in [0.717, 1.165) is 25.7 Å². The molecule has 1 aliphatic carbocycles. The van der Waals surface area contributed by atoms with E-state index in [1.54, 1.807) is 18.2 Å². The lowest BCUT2D eigenvalue weighted by Gasteiger charge is -2.27. The minimum atomic E-state index is -1.15. The van der Waals surface area contributed by atoms with E-state index in [0.29, 0.717) is 22.6 Å². The Bertz CT molecular complexity index is 1210. The SMILES string of the molecule is C=CCOc1ccc(-c2ccc(C(=O)Oc3ccc(C4CCC(C)CC4)c(F)c3F)cc2)cc1F. The molecule has 3 aromatic carbocycles. The highest BCUT2D eigenvalue weighted by Gasteiger charge is 2.26. The van der Waals surface area contributed by atoms with Crippen LogP contribution < -0.4 is 9.47 Å². The maximum Gasteiger partial charge on any atom is 0.343 e. The number of halogens is 3. The summed E-state index contributed by atoms with van der Waals surface area (Å²) in [5.74, 6) is -3.18. The largest absolute Gasteiger partial charge is 0.486 e. The third-order valence-electron chi connectivity index (χ3n) is 6.48. The van der Waals surface area contributed by atoms with Gasteiger partial charge in [0.05, 0.1) is 5.56 Å². The van der Waals surface area contributed by atoms with Crippen molar-refractivity contribution in [2.75, 3.05) is 6.61 Å². The average molecular weight is 481 g/mol. The number of hydrogen-bond acceptors (Lipinski definition) is 3. The van der Waals surface area contributed by atoms with Crippen LogP contribution in [0.25, 0.3) is 11.1 Å². The van der Waals surface area contributed by atoms with Crippen LogP contribution in [0.5, 0.6) is 11.5 Å². The van der Waals surface area contributed by atoms with E-state index in [9.17, 15) is 18.0 Å². The Morgan fingerprint density at radius 3 is 2.23 bits per heavy atom. The highest BCUT2D eigenvalue weighted by molar-refractivity contribution is 5.91. The molecule has 1 aliphatic rings. The zero-order valence-corrected chi connectivity index (χ0v) is 19.5. The number of ether oxygens (including phenoxy) is 2. The Balaban J connectivity index is 1.45. The van der Waals surface area contributed by atoms with Gasteiger partial charge in [0.25, 0.3) is 0 Å². The fourth-order valence-electron chi connectivity index (χ4n) is 4.42. The van der Waals surface area contributed by atoms with Gasteiger partial charge in [-0.1, -0.05) is 56.7 Å². The molecule has 0 N–H and O–H groups in total. The van der Waals surface area contributed by atoms with Gasteiger partial charge >= 0.3 is 5.97 Å². The van der Waals surface area contributed by atoms with Crippen LogP contribution in [0.2, 0.25) is 0 Å². The first-order valence-corrected chi connectivity index (χ1v) is 11.7. The van der Waals surface area contributed by atoms with Crippen molar-refractivity contribution in [1.29, 1.82) is 0 Å². The summed E-state index contributed by atoms with van der Waals surface area (Å²) in [7, 11) is 0. The summed E-state index contributed by atoms with van der Waals surface area (Å²) in [6, 6.07) is 13.6. The van der Waals surface area contributed by atoms with Gasteiger partial charge in [-0.15, -0.1) is 0 Å². The van der Waals surface area contributed by atoms with Crippen LogP contribution in [0.4, 0.5) is 13.2 Å². The third kappa shape index (κ3) is 5.59. The molecule has 3 nitrogen and oxygen atoms in total. The molecule has 1 fully saturated rings. The first kappa shape index (κ1) is 24.6. The van der Waals surface area contributed by atoms with Crippen molar-refractivity contribution in [2.24, 2.45) is 5.92 Å². The van der Waals surface area contributed by atoms with E-state index >= 15 is 0 Å². The molecular weight excluding hydrogens is 453 g/mol. The molecule has 0 bridgehead atoms. The van der Waals surface area contributed by atoms with E-state index in [4.69, 9.17) is 9.47 Å². The molecule has 0 heterocycles. The molecule has 0 saturated heterocycles. The van der Waals surface area contributed by atoms with Crippen LogP contribution >= 0.6 is 0 Å². The molecule has 35 heavy (non-hydrogen) atoms. The van der Waals surface area contributed by atoms with Crippen molar-refractivity contribution in [2.45, 2.75) is 38.5 Å². The molecule has 0 amide bonds. The molecule has 4 rings (SSSR count). The molecule has 0 aromatic heterocycles. The van der Waals surface area contributed by atoms with E-state index in [1.807, 2.05) is 0 Å². The summed E-state index contributed by atoms with van der Waals surface area (Å²) >= 11 is 0. The lowest BCUT2D eigenvalue weighted by Crippen LogP contribution is -2.14. The van der Waals surface area contributed by atoms with Gasteiger partial charge in [0, 0.05) is 0 Å². The number of carbonyl (C=O) groups excluding carboxylic acids is 1. The van der Waals surface area contributed by atoms with Gasteiger partial charge in [-0.2, -0.15) is 4.39 Å². The topological polar surface area (TPSA) is 35.5 Å². The predicted molar refractivity (Wildman–Crippen MR) is 129 cm³/mol. The average Bonchev–Trinajstić information content (AvgIpc) is 2.87. The van der Waals surface area contributed by atoms with Crippen LogP contribution in [0.1, 0.15) is 54.4 Å². The second-order valence-corrected chi connectivity index (χ2v) is 8.95. The first-order valence-electron chi connectivity index (χ1n) is 11.7. The number of benzene rings is 3. The zero-order chi connectivity index (χ0) is 24.9. The summed E-state index contributed by atoms with van der Waals surface area (Å²) < 4.78 is 54.1. The normalized spacial score (nSPS) is 17.6. The summed E-state index contributed by atoms with van der Waals surface area (Å²) in [6.45, 7) is 5.89. The molecule has 0 spiro atoms. The van der Waals surface area contributed by atoms with Crippen molar-refractivity contribution in [3.63, 3.8) is 0 Å². The van der Waals surface area contributed by atoms with Crippen LogP contribution in [0.15, 0.2) is 67.3 Å². The predicted octanol–water partition coefficient (Wildman–Crippen LogP) is 7.85. The molecule has 0 unspecified atom stereocenters. The monoisotopic (exact) mass is 480 g/mol. The number of carbonyl (C=O) groups is 1. The lowest BCUT2D eigenvalue weighted by molar-refractivity contribution is 0.0726. The molecule has 0 aliphatic heterocycles. The van der Waals surface area contributed by atoms with Crippen molar-refractivity contribution in [3.8, 4) is 22.6 Å². The minimum Gasteiger partial charge on any atom is -0.486 e. The molecule has 0 atom stereocenters. The number of esters is 1. The highest BCUT2D eigenvalue weighted by atomic mass is 19.2. The van der Waals surface area contributed by atoms with Gasteiger partial charge in [0.2, 0.25) is 5.82 Å². The third-order valence-corrected chi connectivity index (χ3v) is 6.48. The van der Waals surface area contributed by atoms with Crippen molar-refractivity contribution in [1.82, 2.24) is 0 Å². The van der Waals surface area contributed by atoms with Gasteiger partial charge in [-0.05, 0) is 71.7 Å². The summed E-state index contributed by atoms with van der Waals surface area (Å²) in [5, 5.41) is 0. The van der Waals surface area contributed by atoms with Gasteiger partial charge in [0.15, 0.2) is 23.1 Å². The Morgan fingerprint density at radius 1 is 0.914 bits per heavy atom. The van der Waals surface area contributed by atoms with Gasteiger partial charge in [-0.3, -0.25) is 0 Å². The number of hydrogen-bond donors (Lipinski definition) is 0. The van der Waals surface area contributed by atoms with Gasteiger partial charge in [-0.25, -0.2) is 13.6 Å². The van der Waals surface area contributed by atoms with E-state index < -0.39 is 29.2 Å².